The molecule has 1 atom stereocenters. The fraction of sp³-hybridized carbons (Fsp3) is 0.308. The second kappa shape index (κ2) is 5.23. The zero-order chi connectivity index (χ0) is 15.8. The summed E-state index contributed by atoms with van der Waals surface area (Å²) in [6, 6.07) is 4.05. The summed E-state index contributed by atoms with van der Waals surface area (Å²) in [6.07, 6.45) is -4.31. The SMILES string of the molecule is CCOC(=O)C(O)(c1c[nH]c2cc(Cl)ccc12)C(F)(F)F. The molecule has 0 spiro atoms. The van der Waals surface area contributed by atoms with Gasteiger partial charge in [0, 0.05) is 27.7 Å². The summed E-state index contributed by atoms with van der Waals surface area (Å²) in [5, 5.41) is 10.4. The van der Waals surface area contributed by atoms with Crippen LogP contribution in [0.4, 0.5) is 13.2 Å². The average Bonchev–Trinajstić information content (AvgIpc) is 2.79. The lowest BCUT2D eigenvalue weighted by atomic mass is 9.92. The summed E-state index contributed by atoms with van der Waals surface area (Å²) in [7, 11) is 0. The second-order valence-electron chi connectivity index (χ2n) is 4.32. The molecule has 8 heteroatoms. The smallest absolute Gasteiger partial charge is 0.432 e. The molecule has 1 aromatic heterocycles. The molecule has 0 saturated heterocycles. The number of hydrogen-bond donors (Lipinski definition) is 2. The molecule has 0 radical (unpaired) electrons. The average molecular weight is 322 g/mol. The Morgan fingerprint density at radius 2 is 2.10 bits per heavy atom. The number of esters is 1. The first-order valence-electron chi connectivity index (χ1n) is 5.95. The Kier molecular flexibility index (Phi) is 3.90. The van der Waals surface area contributed by atoms with E-state index in [4.69, 9.17) is 11.6 Å². The number of carbonyl (C=O) groups is 1. The van der Waals surface area contributed by atoms with E-state index in [1.165, 1.54) is 25.1 Å². The van der Waals surface area contributed by atoms with E-state index in [0.717, 1.165) is 6.20 Å². The number of H-pyrrole nitrogens is 1. The zero-order valence-electron chi connectivity index (χ0n) is 10.8. The molecule has 0 aliphatic heterocycles. The van der Waals surface area contributed by atoms with Crippen molar-refractivity contribution in [1.29, 1.82) is 0 Å². The van der Waals surface area contributed by atoms with Crippen LogP contribution in [0.25, 0.3) is 10.9 Å². The maximum absolute atomic E-state index is 13.3. The van der Waals surface area contributed by atoms with Crippen molar-refractivity contribution in [3.05, 3.63) is 35.0 Å². The van der Waals surface area contributed by atoms with Gasteiger partial charge >= 0.3 is 12.1 Å². The van der Waals surface area contributed by atoms with E-state index < -0.39 is 23.3 Å². The van der Waals surface area contributed by atoms with Gasteiger partial charge in [0.25, 0.3) is 5.60 Å². The molecule has 0 saturated carbocycles. The summed E-state index contributed by atoms with van der Waals surface area (Å²) < 4.78 is 44.2. The van der Waals surface area contributed by atoms with Gasteiger partial charge in [0.15, 0.2) is 0 Å². The van der Waals surface area contributed by atoms with Crippen molar-refractivity contribution in [2.75, 3.05) is 6.61 Å². The Balaban J connectivity index is 2.68. The maximum atomic E-state index is 13.3. The Hall–Kier alpha value is -1.73. The number of ether oxygens (including phenoxy) is 1. The Bertz CT molecular complexity index is 683. The molecule has 0 bridgehead atoms. The molecule has 4 nitrogen and oxygen atoms in total. The standard InChI is InChI=1S/C13H11ClF3NO3/c1-2-21-11(19)12(20,13(15,16)17)9-6-18-10-5-7(14)3-4-8(9)10/h3-6,18,20H,2H2,1H3. The first-order chi connectivity index (χ1) is 9.71. The number of aliphatic hydroxyl groups is 1. The van der Waals surface area contributed by atoms with Crippen molar-refractivity contribution < 1.29 is 27.8 Å². The Morgan fingerprint density at radius 1 is 1.43 bits per heavy atom. The third-order valence-corrected chi connectivity index (χ3v) is 3.25. The van der Waals surface area contributed by atoms with E-state index in [-0.39, 0.29) is 17.5 Å². The van der Waals surface area contributed by atoms with Crippen LogP contribution in [0.3, 0.4) is 0 Å². The van der Waals surface area contributed by atoms with Gasteiger partial charge in [0.2, 0.25) is 0 Å². The van der Waals surface area contributed by atoms with Crippen molar-refractivity contribution in [1.82, 2.24) is 4.98 Å². The molecular formula is C13H11ClF3NO3. The van der Waals surface area contributed by atoms with Crippen molar-refractivity contribution in [2.24, 2.45) is 0 Å². The fourth-order valence-electron chi connectivity index (χ4n) is 2.01. The van der Waals surface area contributed by atoms with E-state index in [9.17, 15) is 23.1 Å². The zero-order valence-corrected chi connectivity index (χ0v) is 11.5. The molecule has 114 valence electrons. The fourth-order valence-corrected chi connectivity index (χ4v) is 2.18. The van der Waals surface area contributed by atoms with E-state index >= 15 is 0 Å². The van der Waals surface area contributed by atoms with Crippen LogP contribution in [0.1, 0.15) is 12.5 Å². The van der Waals surface area contributed by atoms with Crippen molar-refractivity contribution in [2.45, 2.75) is 18.7 Å². The van der Waals surface area contributed by atoms with E-state index in [0.29, 0.717) is 5.02 Å². The molecule has 2 rings (SSSR count). The molecule has 2 aromatic rings. The van der Waals surface area contributed by atoms with Gasteiger partial charge in [-0.1, -0.05) is 17.7 Å². The summed E-state index contributed by atoms with van der Waals surface area (Å²) >= 11 is 5.75. The second-order valence-corrected chi connectivity index (χ2v) is 4.76. The maximum Gasteiger partial charge on any atom is 0.432 e. The van der Waals surface area contributed by atoms with Crippen LogP contribution in [-0.4, -0.2) is 28.8 Å². The molecule has 0 aliphatic carbocycles. The van der Waals surface area contributed by atoms with E-state index in [2.05, 4.69) is 9.72 Å². The molecule has 1 heterocycles. The van der Waals surface area contributed by atoms with Gasteiger partial charge < -0.3 is 14.8 Å². The highest BCUT2D eigenvalue weighted by Gasteiger charge is 2.63. The van der Waals surface area contributed by atoms with Gasteiger partial charge in [-0.15, -0.1) is 0 Å². The first-order valence-corrected chi connectivity index (χ1v) is 6.33. The number of alkyl halides is 3. The minimum atomic E-state index is -5.23. The van der Waals surface area contributed by atoms with Gasteiger partial charge in [0.05, 0.1) is 6.61 Å². The van der Waals surface area contributed by atoms with Gasteiger partial charge in [-0.25, -0.2) is 4.79 Å². The molecule has 2 N–H and O–H groups in total. The van der Waals surface area contributed by atoms with Crippen LogP contribution in [0.2, 0.25) is 5.02 Å². The van der Waals surface area contributed by atoms with Crippen LogP contribution in [0, 0.1) is 0 Å². The molecule has 21 heavy (non-hydrogen) atoms. The lowest BCUT2D eigenvalue weighted by Gasteiger charge is -2.27. The van der Waals surface area contributed by atoms with Crippen LogP contribution in [0.15, 0.2) is 24.4 Å². The quantitative estimate of drug-likeness (QED) is 0.854. The number of nitrogens with one attached hydrogen (secondary N) is 1. The summed E-state index contributed by atoms with van der Waals surface area (Å²) in [5.74, 6) is -1.77. The Morgan fingerprint density at radius 3 is 2.67 bits per heavy atom. The minimum Gasteiger partial charge on any atom is -0.463 e. The van der Waals surface area contributed by atoms with Crippen LogP contribution < -0.4 is 0 Å². The van der Waals surface area contributed by atoms with Crippen molar-refractivity contribution in [3.8, 4) is 0 Å². The van der Waals surface area contributed by atoms with Gasteiger partial charge in [-0.2, -0.15) is 13.2 Å². The molecule has 1 unspecified atom stereocenters. The van der Waals surface area contributed by atoms with E-state index in [1.807, 2.05) is 0 Å². The number of rotatable bonds is 3. The number of halogens is 4. The number of aromatic nitrogens is 1. The van der Waals surface area contributed by atoms with Crippen molar-refractivity contribution in [3.63, 3.8) is 0 Å². The van der Waals surface area contributed by atoms with Gasteiger partial charge in [-0.3, -0.25) is 0 Å². The number of carbonyl (C=O) groups excluding carboxylic acids is 1. The molecule has 0 fully saturated rings. The number of benzene rings is 1. The molecule has 1 aromatic carbocycles. The highest BCUT2D eigenvalue weighted by molar-refractivity contribution is 6.31. The summed E-state index contributed by atoms with van der Waals surface area (Å²) in [4.78, 5) is 14.2. The van der Waals surface area contributed by atoms with Gasteiger partial charge in [0.1, 0.15) is 0 Å². The number of aromatic amines is 1. The number of hydrogen-bond acceptors (Lipinski definition) is 3. The summed E-state index contributed by atoms with van der Waals surface area (Å²) in [6.45, 7) is 1.06. The van der Waals surface area contributed by atoms with Gasteiger partial charge in [-0.05, 0) is 19.1 Å². The third kappa shape index (κ3) is 2.47. The third-order valence-electron chi connectivity index (χ3n) is 3.01. The van der Waals surface area contributed by atoms with Crippen molar-refractivity contribution >= 4 is 28.5 Å². The monoisotopic (exact) mass is 321 g/mol. The first kappa shape index (κ1) is 15.7. The van der Waals surface area contributed by atoms with Crippen LogP contribution in [-0.2, 0) is 15.1 Å². The number of fused-ring (bicyclic) bond motifs is 1. The molecule has 0 amide bonds. The highest BCUT2D eigenvalue weighted by atomic mass is 35.5. The summed E-state index contributed by atoms with van der Waals surface area (Å²) in [5.41, 5.74) is -4.10. The topological polar surface area (TPSA) is 62.3 Å². The predicted molar refractivity (Wildman–Crippen MR) is 69.9 cm³/mol. The van der Waals surface area contributed by atoms with Crippen LogP contribution in [0.5, 0.6) is 0 Å². The highest BCUT2D eigenvalue weighted by Crippen LogP contribution is 2.43. The minimum absolute atomic E-state index is 0.0345. The van der Waals surface area contributed by atoms with E-state index in [1.54, 1.807) is 0 Å². The van der Waals surface area contributed by atoms with Crippen LogP contribution >= 0.6 is 11.6 Å². The largest absolute Gasteiger partial charge is 0.463 e. The normalized spacial score (nSPS) is 15.0. The molecular weight excluding hydrogens is 311 g/mol. The predicted octanol–water partition coefficient (Wildman–Crippen LogP) is 3.13. The lowest BCUT2D eigenvalue weighted by Crippen LogP contribution is -2.50. The Labute approximate surface area is 122 Å². The lowest BCUT2D eigenvalue weighted by molar-refractivity contribution is -0.267. The molecule has 0 aliphatic rings.